The van der Waals surface area contributed by atoms with Gasteiger partial charge >= 0.3 is 0 Å². The molecule has 0 spiro atoms. The third kappa shape index (κ3) is 3.23. The molecule has 2 N–H and O–H groups in total. The minimum Gasteiger partial charge on any atom is -0.352 e. The van der Waals surface area contributed by atoms with Gasteiger partial charge in [0.15, 0.2) is 11.6 Å². The summed E-state index contributed by atoms with van der Waals surface area (Å²) < 4.78 is 25.6. The zero-order valence-corrected chi connectivity index (χ0v) is 9.30. The summed E-state index contributed by atoms with van der Waals surface area (Å²) in [5, 5.41) is 5.98. The van der Waals surface area contributed by atoms with Gasteiger partial charge in [-0.15, -0.1) is 0 Å². The fraction of sp³-hybridized carbons (Fsp3) is 0.417. The van der Waals surface area contributed by atoms with Gasteiger partial charge in [0.25, 0.3) is 0 Å². The molecule has 1 aliphatic heterocycles. The molecule has 1 heterocycles. The number of halogens is 2. The van der Waals surface area contributed by atoms with Gasteiger partial charge in [-0.05, 0) is 30.7 Å². The fourth-order valence-corrected chi connectivity index (χ4v) is 1.89. The van der Waals surface area contributed by atoms with Crippen molar-refractivity contribution in [2.75, 3.05) is 13.1 Å². The zero-order chi connectivity index (χ0) is 12.3. The van der Waals surface area contributed by atoms with E-state index in [2.05, 4.69) is 10.6 Å². The highest BCUT2D eigenvalue weighted by Crippen LogP contribution is 2.09. The van der Waals surface area contributed by atoms with Crippen LogP contribution in [0.25, 0.3) is 0 Å². The molecule has 17 heavy (non-hydrogen) atoms. The van der Waals surface area contributed by atoms with E-state index in [4.69, 9.17) is 0 Å². The SMILES string of the molecule is O=C(Cc1ccc(F)c(F)c1)N[C@H]1CCNC1. The number of rotatable bonds is 3. The quantitative estimate of drug-likeness (QED) is 0.827. The summed E-state index contributed by atoms with van der Waals surface area (Å²) in [5.41, 5.74) is 0.479. The Bertz CT molecular complexity index is 417. The number of nitrogens with one attached hydrogen (secondary N) is 2. The summed E-state index contributed by atoms with van der Waals surface area (Å²) in [5.74, 6) is -1.98. The predicted molar refractivity (Wildman–Crippen MR) is 59.5 cm³/mol. The molecule has 1 aromatic rings. The van der Waals surface area contributed by atoms with Crippen molar-refractivity contribution >= 4 is 5.91 Å². The molecule has 1 amide bonds. The van der Waals surface area contributed by atoms with Crippen molar-refractivity contribution in [3.05, 3.63) is 35.4 Å². The average Bonchev–Trinajstić information content (AvgIpc) is 2.76. The van der Waals surface area contributed by atoms with E-state index >= 15 is 0 Å². The van der Waals surface area contributed by atoms with Gasteiger partial charge < -0.3 is 10.6 Å². The first-order valence-corrected chi connectivity index (χ1v) is 5.59. The number of amides is 1. The lowest BCUT2D eigenvalue weighted by Crippen LogP contribution is -2.37. The predicted octanol–water partition coefficient (Wildman–Crippen LogP) is 0.985. The van der Waals surface area contributed by atoms with Crippen LogP contribution in [0.15, 0.2) is 18.2 Å². The van der Waals surface area contributed by atoms with Gasteiger partial charge in [-0.2, -0.15) is 0 Å². The Labute approximate surface area is 98.2 Å². The van der Waals surface area contributed by atoms with Crippen LogP contribution in [0.5, 0.6) is 0 Å². The van der Waals surface area contributed by atoms with Crippen LogP contribution in [-0.2, 0) is 11.2 Å². The van der Waals surface area contributed by atoms with Gasteiger partial charge in [-0.3, -0.25) is 4.79 Å². The van der Waals surface area contributed by atoms with E-state index in [1.165, 1.54) is 6.07 Å². The Morgan fingerprint density at radius 3 is 2.88 bits per heavy atom. The molecule has 1 atom stereocenters. The second-order valence-electron chi connectivity index (χ2n) is 4.18. The van der Waals surface area contributed by atoms with Crippen LogP contribution in [0, 0.1) is 11.6 Å². The van der Waals surface area contributed by atoms with Crippen molar-refractivity contribution in [2.24, 2.45) is 0 Å². The van der Waals surface area contributed by atoms with E-state index < -0.39 is 11.6 Å². The first kappa shape index (κ1) is 12.0. The molecule has 1 saturated heterocycles. The van der Waals surface area contributed by atoms with Crippen LogP contribution in [0.2, 0.25) is 0 Å². The second-order valence-corrected chi connectivity index (χ2v) is 4.18. The van der Waals surface area contributed by atoms with Crippen molar-refractivity contribution in [3.63, 3.8) is 0 Å². The smallest absolute Gasteiger partial charge is 0.224 e. The van der Waals surface area contributed by atoms with Crippen molar-refractivity contribution in [2.45, 2.75) is 18.9 Å². The molecular weight excluding hydrogens is 226 g/mol. The van der Waals surface area contributed by atoms with Crippen molar-refractivity contribution in [3.8, 4) is 0 Å². The molecule has 1 aliphatic rings. The lowest BCUT2D eigenvalue weighted by molar-refractivity contribution is -0.121. The molecule has 0 aromatic heterocycles. The maximum absolute atomic E-state index is 12.9. The monoisotopic (exact) mass is 240 g/mol. The molecule has 0 radical (unpaired) electrons. The first-order chi connectivity index (χ1) is 8.15. The molecule has 5 heteroatoms. The second kappa shape index (κ2) is 5.23. The number of benzene rings is 1. The Hall–Kier alpha value is -1.49. The lowest BCUT2D eigenvalue weighted by atomic mass is 10.1. The van der Waals surface area contributed by atoms with Gasteiger partial charge in [-0.1, -0.05) is 6.07 Å². The Morgan fingerprint density at radius 1 is 1.41 bits per heavy atom. The van der Waals surface area contributed by atoms with Crippen LogP contribution in [0.4, 0.5) is 8.78 Å². The highest BCUT2D eigenvalue weighted by molar-refractivity contribution is 5.78. The van der Waals surface area contributed by atoms with Gasteiger partial charge in [0, 0.05) is 12.6 Å². The standard InChI is InChI=1S/C12H14F2N2O/c13-10-2-1-8(5-11(10)14)6-12(17)16-9-3-4-15-7-9/h1-2,5,9,15H,3-4,6-7H2,(H,16,17)/t9-/m0/s1. The highest BCUT2D eigenvalue weighted by atomic mass is 19.2. The van der Waals surface area contributed by atoms with E-state index in [1.54, 1.807) is 0 Å². The molecule has 1 fully saturated rings. The average molecular weight is 240 g/mol. The van der Waals surface area contributed by atoms with Gasteiger partial charge in [-0.25, -0.2) is 8.78 Å². The van der Waals surface area contributed by atoms with E-state index in [-0.39, 0.29) is 18.4 Å². The maximum atomic E-state index is 12.9. The fourth-order valence-electron chi connectivity index (χ4n) is 1.89. The van der Waals surface area contributed by atoms with Crippen molar-refractivity contribution < 1.29 is 13.6 Å². The maximum Gasteiger partial charge on any atom is 0.224 e. The normalized spacial score (nSPS) is 19.3. The molecule has 2 rings (SSSR count). The Morgan fingerprint density at radius 2 is 2.24 bits per heavy atom. The number of carbonyl (C=O) groups is 1. The number of hydrogen-bond acceptors (Lipinski definition) is 2. The van der Waals surface area contributed by atoms with Crippen molar-refractivity contribution in [1.82, 2.24) is 10.6 Å². The van der Waals surface area contributed by atoms with E-state index in [0.717, 1.165) is 31.6 Å². The van der Waals surface area contributed by atoms with Crippen LogP contribution >= 0.6 is 0 Å². The molecule has 0 unspecified atom stereocenters. The number of carbonyl (C=O) groups excluding carboxylic acids is 1. The summed E-state index contributed by atoms with van der Waals surface area (Å²) in [6, 6.07) is 3.66. The molecule has 0 bridgehead atoms. The summed E-state index contributed by atoms with van der Waals surface area (Å²) in [4.78, 5) is 11.6. The van der Waals surface area contributed by atoms with E-state index in [9.17, 15) is 13.6 Å². The number of hydrogen-bond donors (Lipinski definition) is 2. The summed E-state index contributed by atoms with van der Waals surface area (Å²) in [6.07, 6.45) is 0.983. The molecule has 92 valence electrons. The molecular formula is C12H14F2N2O. The van der Waals surface area contributed by atoms with Crippen molar-refractivity contribution in [1.29, 1.82) is 0 Å². The summed E-state index contributed by atoms with van der Waals surface area (Å²) in [6.45, 7) is 1.67. The first-order valence-electron chi connectivity index (χ1n) is 5.59. The van der Waals surface area contributed by atoms with Crippen LogP contribution in [0.1, 0.15) is 12.0 Å². The van der Waals surface area contributed by atoms with E-state index in [0.29, 0.717) is 5.56 Å². The molecule has 3 nitrogen and oxygen atoms in total. The molecule has 0 aliphatic carbocycles. The van der Waals surface area contributed by atoms with Gasteiger partial charge in [0.05, 0.1) is 6.42 Å². The molecule has 1 aromatic carbocycles. The summed E-state index contributed by atoms with van der Waals surface area (Å²) in [7, 11) is 0. The van der Waals surface area contributed by atoms with E-state index in [1.807, 2.05) is 0 Å². The van der Waals surface area contributed by atoms with Gasteiger partial charge in [0.2, 0.25) is 5.91 Å². The lowest BCUT2D eigenvalue weighted by Gasteiger charge is -2.11. The third-order valence-electron chi connectivity index (χ3n) is 2.77. The van der Waals surface area contributed by atoms with Gasteiger partial charge in [0.1, 0.15) is 0 Å². The zero-order valence-electron chi connectivity index (χ0n) is 9.30. The summed E-state index contributed by atoms with van der Waals surface area (Å²) >= 11 is 0. The minimum absolute atomic E-state index is 0.0771. The highest BCUT2D eigenvalue weighted by Gasteiger charge is 2.16. The minimum atomic E-state index is -0.919. The Kier molecular flexibility index (Phi) is 3.68. The topological polar surface area (TPSA) is 41.1 Å². The molecule has 0 saturated carbocycles. The third-order valence-corrected chi connectivity index (χ3v) is 2.77. The van der Waals surface area contributed by atoms with Crippen LogP contribution < -0.4 is 10.6 Å². The van der Waals surface area contributed by atoms with Crippen LogP contribution in [-0.4, -0.2) is 25.0 Å². The Balaban J connectivity index is 1.90. The van der Waals surface area contributed by atoms with Crippen LogP contribution in [0.3, 0.4) is 0 Å². The largest absolute Gasteiger partial charge is 0.352 e.